The molecule has 6 heteroatoms. The molecule has 0 radical (unpaired) electrons. The maximum absolute atomic E-state index is 11.0. The molecule has 0 aromatic rings. The normalized spacial score (nSPS) is 47.4. The molecule has 2 aliphatic rings. The van der Waals surface area contributed by atoms with E-state index in [4.69, 9.17) is 9.84 Å². The van der Waals surface area contributed by atoms with E-state index in [1.54, 1.807) is 0 Å². The Morgan fingerprint density at radius 1 is 1.50 bits per heavy atom. The van der Waals surface area contributed by atoms with Crippen LogP contribution in [0.4, 0.5) is 0 Å². The first kappa shape index (κ1) is 9.85. The van der Waals surface area contributed by atoms with Gasteiger partial charge in [-0.2, -0.15) is 0 Å². The van der Waals surface area contributed by atoms with Crippen LogP contribution >= 0.6 is 0 Å². The molecule has 0 aliphatic carbocycles. The molecule has 2 saturated heterocycles. The Morgan fingerprint density at radius 2 is 2.21 bits per heavy atom. The van der Waals surface area contributed by atoms with Crippen molar-refractivity contribution in [1.82, 2.24) is 5.32 Å². The molecule has 0 unspecified atom stereocenters. The number of aliphatic hydroxyl groups is 3. The Hall–Kier alpha value is -0.690. The second-order valence-corrected chi connectivity index (χ2v) is 3.70. The Kier molecular flexibility index (Phi) is 2.44. The second kappa shape index (κ2) is 3.47. The number of fused-ring (bicyclic) bond motifs is 1. The lowest BCUT2D eigenvalue weighted by Gasteiger charge is -2.38. The summed E-state index contributed by atoms with van der Waals surface area (Å²) in [5.41, 5.74) is 0. The Bertz CT molecular complexity index is 246. The summed E-state index contributed by atoms with van der Waals surface area (Å²) < 4.78 is 5.11. The zero-order chi connectivity index (χ0) is 10.3. The van der Waals surface area contributed by atoms with Crippen molar-refractivity contribution in [3.63, 3.8) is 0 Å². The topological polar surface area (TPSA) is 99.0 Å². The zero-order valence-electron chi connectivity index (χ0n) is 7.46. The van der Waals surface area contributed by atoms with Crippen LogP contribution < -0.4 is 5.32 Å². The number of nitrogens with one attached hydrogen (secondary N) is 1. The third kappa shape index (κ3) is 1.40. The van der Waals surface area contributed by atoms with E-state index in [0.29, 0.717) is 0 Å². The Morgan fingerprint density at radius 3 is 2.86 bits per heavy atom. The lowest BCUT2D eigenvalue weighted by atomic mass is 9.90. The third-order valence-electron chi connectivity index (χ3n) is 2.81. The number of hydrogen-bond donors (Lipinski definition) is 4. The van der Waals surface area contributed by atoms with E-state index in [-0.39, 0.29) is 18.9 Å². The summed E-state index contributed by atoms with van der Waals surface area (Å²) in [6.07, 6.45) is -2.50. The number of carbonyl (C=O) groups excluding carboxylic acids is 1. The third-order valence-corrected chi connectivity index (χ3v) is 2.81. The Balaban J connectivity index is 2.14. The number of hydrogen-bond acceptors (Lipinski definition) is 5. The van der Waals surface area contributed by atoms with E-state index in [1.807, 2.05) is 0 Å². The fourth-order valence-electron chi connectivity index (χ4n) is 2.00. The fourth-order valence-corrected chi connectivity index (χ4v) is 2.00. The van der Waals surface area contributed by atoms with Crippen LogP contribution in [0.3, 0.4) is 0 Å². The zero-order valence-corrected chi connectivity index (χ0v) is 7.46. The molecule has 2 rings (SSSR count). The maximum Gasteiger partial charge on any atom is 0.223 e. The molecule has 1 amide bonds. The van der Waals surface area contributed by atoms with Crippen LogP contribution in [0, 0.1) is 5.92 Å². The van der Waals surface area contributed by atoms with Gasteiger partial charge in [-0.15, -0.1) is 0 Å². The van der Waals surface area contributed by atoms with Crippen LogP contribution in [0.5, 0.6) is 0 Å². The molecule has 0 aromatic heterocycles. The molecule has 5 atom stereocenters. The van der Waals surface area contributed by atoms with Crippen molar-refractivity contribution in [2.75, 3.05) is 6.61 Å². The predicted molar refractivity (Wildman–Crippen MR) is 44.0 cm³/mol. The van der Waals surface area contributed by atoms with Crippen LogP contribution in [-0.2, 0) is 9.53 Å². The summed E-state index contributed by atoms with van der Waals surface area (Å²) in [6.45, 7) is -0.374. The van der Waals surface area contributed by atoms with Gasteiger partial charge in [-0.1, -0.05) is 0 Å². The van der Waals surface area contributed by atoms with Gasteiger partial charge in [0.2, 0.25) is 5.91 Å². The molecule has 14 heavy (non-hydrogen) atoms. The summed E-state index contributed by atoms with van der Waals surface area (Å²) >= 11 is 0. The highest BCUT2D eigenvalue weighted by molar-refractivity contribution is 5.79. The van der Waals surface area contributed by atoms with E-state index >= 15 is 0 Å². The molecule has 2 fully saturated rings. The minimum atomic E-state index is -1.20. The molecular weight excluding hydrogens is 190 g/mol. The molecule has 0 spiro atoms. The second-order valence-electron chi connectivity index (χ2n) is 3.70. The van der Waals surface area contributed by atoms with Crippen molar-refractivity contribution in [3.05, 3.63) is 0 Å². The van der Waals surface area contributed by atoms with Gasteiger partial charge in [-0.25, -0.2) is 0 Å². The highest BCUT2D eigenvalue weighted by Crippen LogP contribution is 2.29. The van der Waals surface area contributed by atoms with Gasteiger partial charge in [-0.05, 0) is 0 Å². The number of rotatable bonds is 1. The smallest absolute Gasteiger partial charge is 0.223 e. The van der Waals surface area contributed by atoms with Gasteiger partial charge in [0, 0.05) is 0 Å². The van der Waals surface area contributed by atoms with Gasteiger partial charge in [0.15, 0.2) is 6.29 Å². The molecule has 0 aromatic carbocycles. The van der Waals surface area contributed by atoms with Crippen LogP contribution in [0.1, 0.15) is 6.42 Å². The number of ether oxygens (including phenoxy) is 1. The molecule has 4 N–H and O–H groups in total. The predicted octanol–water partition coefficient (Wildman–Crippen LogP) is -2.44. The average Bonchev–Trinajstić information content (AvgIpc) is 2.47. The van der Waals surface area contributed by atoms with Gasteiger partial charge in [0.05, 0.1) is 37.2 Å². The minimum Gasteiger partial charge on any atom is -0.396 e. The molecule has 80 valence electrons. The summed E-state index contributed by atoms with van der Waals surface area (Å²) in [5.74, 6) is -0.959. The SMILES string of the molecule is O=C1C[C@@H]2O[C@H](O)[C@@H](CO)[C@H](O)[C@H]2N1. The van der Waals surface area contributed by atoms with Gasteiger partial charge < -0.3 is 25.4 Å². The largest absolute Gasteiger partial charge is 0.396 e. The lowest BCUT2D eigenvalue weighted by Crippen LogP contribution is -2.57. The first-order valence-electron chi connectivity index (χ1n) is 4.55. The van der Waals surface area contributed by atoms with Crippen molar-refractivity contribution in [1.29, 1.82) is 0 Å². The van der Waals surface area contributed by atoms with Crippen molar-refractivity contribution in [3.8, 4) is 0 Å². The van der Waals surface area contributed by atoms with Crippen molar-refractivity contribution >= 4 is 5.91 Å². The van der Waals surface area contributed by atoms with E-state index in [9.17, 15) is 15.0 Å². The highest BCUT2D eigenvalue weighted by atomic mass is 16.6. The van der Waals surface area contributed by atoms with E-state index in [2.05, 4.69) is 5.32 Å². The first-order chi connectivity index (χ1) is 6.63. The number of amides is 1. The van der Waals surface area contributed by atoms with E-state index < -0.39 is 30.5 Å². The highest BCUT2D eigenvalue weighted by Gasteiger charge is 2.48. The van der Waals surface area contributed by atoms with Crippen LogP contribution in [-0.4, -0.2) is 52.4 Å². The lowest BCUT2D eigenvalue weighted by molar-refractivity contribution is -0.234. The monoisotopic (exact) mass is 203 g/mol. The minimum absolute atomic E-state index is 0.150. The summed E-state index contributed by atoms with van der Waals surface area (Å²) in [6, 6.07) is -0.511. The molecule has 2 aliphatic heterocycles. The quantitative estimate of drug-likeness (QED) is 0.379. The summed E-state index contributed by atoms with van der Waals surface area (Å²) in [5, 5.41) is 30.6. The van der Waals surface area contributed by atoms with Crippen LogP contribution in [0.15, 0.2) is 0 Å². The number of aliphatic hydroxyl groups excluding tert-OH is 3. The molecule has 0 bridgehead atoms. The van der Waals surface area contributed by atoms with Crippen molar-refractivity contribution in [2.45, 2.75) is 31.0 Å². The fraction of sp³-hybridized carbons (Fsp3) is 0.875. The van der Waals surface area contributed by atoms with Gasteiger partial charge in [-0.3, -0.25) is 4.79 Å². The first-order valence-corrected chi connectivity index (χ1v) is 4.55. The Labute approximate surface area is 80.5 Å². The molecule has 6 nitrogen and oxygen atoms in total. The van der Waals surface area contributed by atoms with Gasteiger partial charge in [0.25, 0.3) is 0 Å². The molecule has 2 heterocycles. The summed E-state index contributed by atoms with van der Waals surface area (Å²) in [7, 11) is 0. The summed E-state index contributed by atoms with van der Waals surface area (Å²) in [4.78, 5) is 11.0. The van der Waals surface area contributed by atoms with Crippen LogP contribution in [0.25, 0.3) is 0 Å². The van der Waals surface area contributed by atoms with Crippen LogP contribution in [0.2, 0.25) is 0 Å². The van der Waals surface area contributed by atoms with Gasteiger partial charge in [0.1, 0.15) is 0 Å². The van der Waals surface area contributed by atoms with E-state index in [1.165, 1.54) is 0 Å². The molecule has 0 saturated carbocycles. The number of carbonyl (C=O) groups is 1. The van der Waals surface area contributed by atoms with Crippen molar-refractivity contribution < 1.29 is 24.9 Å². The van der Waals surface area contributed by atoms with Gasteiger partial charge >= 0.3 is 0 Å². The standard InChI is InChI=1S/C8H13NO5/c10-2-3-7(12)6-4(14-8(3)13)1-5(11)9-6/h3-4,6-8,10,12-13H,1-2H2,(H,9,11)/t3-,4-,6-,7-,8-/m0/s1. The molecular formula is C8H13NO5. The van der Waals surface area contributed by atoms with Crippen molar-refractivity contribution in [2.24, 2.45) is 5.92 Å². The maximum atomic E-state index is 11.0. The van der Waals surface area contributed by atoms with E-state index in [0.717, 1.165) is 0 Å². The average molecular weight is 203 g/mol.